The summed E-state index contributed by atoms with van der Waals surface area (Å²) in [6.45, 7) is 1.64. The first-order valence-electron chi connectivity index (χ1n) is 9.20. The van der Waals surface area contributed by atoms with E-state index in [2.05, 4.69) is 10.6 Å². The van der Waals surface area contributed by atoms with Crippen LogP contribution < -0.4 is 10.6 Å². The zero-order valence-electron chi connectivity index (χ0n) is 15.5. The fourth-order valence-corrected chi connectivity index (χ4v) is 3.11. The summed E-state index contributed by atoms with van der Waals surface area (Å²) in [6, 6.07) is 17.4. The van der Waals surface area contributed by atoms with E-state index in [1.165, 1.54) is 0 Å². The number of carbonyl (C=O) groups excluding carboxylic acids is 2. The lowest BCUT2D eigenvalue weighted by Crippen LogP contribution is -2.42. The average molecular weight is 367 g/mol. The minimum absolute atomic E-state index is 0.0936. The molecule has 0 aliphatic carbocycles. The number of hydrogen-bond acceptors (Lipinski definition) is 4. The van der Waals surface area contributed by atoms with E-state index in [0.29, 0.717) is 31.3 Å². The van der Waals surface area contributed by atoms with Crippen LogP contribution in [-0.2, 0) is 11.3 Å². The number of anilines is 1. The van der Waals surface area contributed by atoms with Gasteiger partial charge in [0.2, 0.25) is 0 Å². The summed E-state index contributed by atoms with van der Waals surface area (Å²) in [5.74, 6) is -0.0936. The first-order chi connectivity index (χ1) is 13.2. The standard InChI is InChI=1S/C21H25N3O3/c1-22-20(25)17-7-9-18(10-8-17)23-19-11-13-24(14-12-19)21(26)27-15-16-5-3-2-4-6-16/h2-10,19,23H,11-15H2,1H3,(H,22,25). The third-order valence-corrected chi connectivity index (χ3v) is 4.70. The van der Waals surface area contributed by atoms with Crippen molar-refractivity contribution in [3.63, 3.8) is 0 Å². The number of ether oxygens (including phenoxy) is 1. The van der Waals surface area contributed by atoms with Gasteiger partial charge in [0.25, 0.3) is 5.91 Å². The van der Waals surface area contributed by atoms with Crippen LogP contribution in [0, 0.1) is 0 Å². The van der Waals surface area contributed by atoms with Crippen molar-refractivity contribution in [1.29, 1.82) is 0 Å². The maximum atomic E-state index is 12.2. The van der Waals surface area contributed by atoms with E-state index in [4.69, 9.17) is 4.74 Å². The summed E-state index contributed by atoms with van der Waals surface area (Å²) in [5.41, 5.74) is 2.61. The summed E-state index contributed by atoms with van der Waals surface area (Å²) >= 11 is 0. The van der Waals surface area contributed by atoms with Gasteiger partial charge >= 0.3 is 6.09 Å². The lowest BCUT2D eigenvalue weighted by atomic mass is 10.0. The maximum Gasteiger partial charge on any atom is 0.410 e. The van der Waals surface area contributed by atoms with Gasteiger partial charge in [-0.15, -0.1) is 0 Å². The molecule has 3 rings (SSSR count). The molecule has 0 bridgehead atoms. The van der Waals surface area contributed by atoms with Crippen LogP contribution in [0.15, 0.2) is 54.6 Å². The lowest BCUT2D eigenvalue weighted by molar-refractivity contribution is 0.0881. The summed E-state index contributed by atoms with van der Waals surface area (Å²) in [6.07, 6.45) is 1.46. The summed E-state index contributed by atoms with van der Waals surface area (Å²) in [7, 11) is 1.62. The van der Waals surface area contributed by atoms with E-state index in [0.717, 1.165) is 24.1 Å². The number of nitrogens with zero attached hydrogens (tertiary/aromatic N) is 1. The molecule has 0 spiro atoms. The number of nitrogens with one attached hydrogen (secondary N) is 2. The highest BCUT2D eigenvalue weighted by Crippen LogP contribution is 2.18. The van der Waals surface area contributed by atoms with Gasteiger partial charge in [-0.1, -0.05) is 30.3 Å². The van der Waals surface area contributed by atoms with Crippen molar-refractivity contribution in [2.75, 3.05) is 25.5 Å². The second-order valence-corrected chi connectivity index (χ2v) is 6.60. The van der Waals surface area contributed by atoms with Crippen molar-refractivity contribution >= 4 is 17.7 Å². The van der Waals surface area contributed by atoms with Gasteiger partial charge in [0.1, 0.15) is 6.61 Å². The number of rotatable bonds is 5. The molecule has 0 saturated carbocycles. The summed E-state index contributed by atoms with van der Waals surface area (Å²) in [4.78, 5) is 25.5. The van der Waals surface area contributed by atoms with Crippen molar-refractivity contribution in [3.05, 3.63) is 65.7 Å². The van der Waals surface area contributed by atoms with Crippen LogP contribution in [0.1, 0.15) is 28.8 Å². The molecule has 27 heavy (non-hydrogen) atoms. The Labute approximate surface area is 159 Å². The molecule has 2 amide bonds. The fourth-order valence-electron chi connectivity index (χ4n) is 3.11. The van der Waals surface area contributed by atoms with Gasteiger partial charge in [0, 0.05) is 37.4 Å². The molecular formula is C21H25N3O3. The van der Waals surface area contributed by atoms with Crippen LogP contribution >= 0.6 is 0 Å². The van der Waals surface area contributed by atoms with Crippen molar-refractivity contribution in [3.8, 4) is 0 Å². The molecule has 1 saturated heterocycles. The Hall–Kier alpha value is -3.02. The Bertz CT molecular complexity index is 754. The maximum absolute atomic E-state index is 12.2. The molecule has 1 aliphatic heterocycles. The van der Waals surface area contributed by atoms with E-state index >= 15 is 0 Å². The normalized spacial score (nSPS) is 14.5. The molecule has 0 aromatic heterocycles. The molecule has 2 N–H and O–H groups in total. The van der Waals surface area contributed by atoms with Gasteiger partial charge in [0.05, 0.1) is 0 Å². The molecule has 0 radical (unpaired) electrons. The van der Waals surface area contributed by atoms with Crippen LogP contribution in [-0.4, -0.2) is 43.1 Å². The van der Waals surface area contributed by atoms with E-state index in [9.17, 15) is 9.59 Å². The lowest BCUT2D eigenvalue weighted by Gasteiger charge is -2.32. The molecule has 1 heterocycles. The molecule has 2 aromatic rings. The third-order valence-electron chi connectivity index (χ3n) is 4.70. The highest BCUT2D eigenvalue weighted by molar-refractivity contribution is 5.94. The van der Waals surface area contributed by atoms with E-state index < -0.39 is 0 Å². The monoisotopic (exact) mass is 367 g/mol. The number of piperidine rings is 1. The average Bonchev–Trinajstić information content (AvgIpc) is 2.73. The second kappa shape index (κ2) is 9.07. The highest BCUT2D eigenvalue weighted by atomic mass is 16.6. The molecule has 1 fully saturated rings. The van der Waals surface area contributed by atoms with Crippen molar-refractivity contribution in [1.82, 2.24) is 10.2 Å². The number of benzene rings is 2. The van der Waals surface area contributed by atoms with E-state index in [1.807, 2.05) is 42.5 Å². The first-order valence-corrected chi connectivity index (χ1v) is 9.20. The second-order valence-electron chi connectivity index (χ2n) is 6.60. The Morgan fingerprint density at radius 3 is 2.33 bits per heavy atom. The molecule has 142 valence electrons. The van der Waals surface area contributed by atoms with Gasteiger partial charge in [-0.2, -0.15) is 0 Å². The van der Waals surface area contributed by atoms with Crippen LogP contribution in [0.3, 0.4) is 0 Å². The quantitative estimate of drug-likeness (QED) is 0.851. The summed E-state index contributed by atoms with van der Waals surface area (Å²) < 4.78 is 5.40. The van der Waals surface area contributed by atoms with Crippen LogP contribution in [0.2, 0.25) is 0 Å². The Kier molecular flexibility index (Phi) is 6.30. The number of carbonyl (C=O) groups is 2. The van der Waals surface area contributed by atoms with Crippen LogP contribution in [0.5, 0.6) is 0 Å². The number of hydrogen-bond donors (Lipinski definition) is 2. The first kappa shape index (κ1) is 18.8. The molecule has 6 heteroatoms. The van der Waals surface area contributed by atoms with Crippen LogP contribution in [0.4, 0.5) is 10.5 Å². The van der Waals surface area contributed by atoms with Crippen LogP contribution in [0.25, 0.3) is 0 Å². The molecule has 6 nitrogen and oxygen atoms in total. The van der Waals surface area contributed by atoms with Crippen molar-refractivity contribution < 1.29 is 14.3 Å². The van der Waals surface area contributed by atoms with Crippen molar-refractivity contribution in [2.45, 2.75) is 25.5 Å². The third kappa shape index (κ3) is 5.23. The Balaban J connectivity index is 1.43. The van der Waals surface area contributed by atoms with Gasteiger partial charge in [-0.3, -0.25) is 4.79 Å². The minimum atomic E-state index is -0.257. The molecule has 2 aromatic carbocycles. The van der Waals surface area contributed by atoms with Gasteiger partial charge in [-0.05, 0) is 42.7 Å². The smallest absolute Gasteiger partial charge is 0.410 e. The zero-order chi connectivity index (χ0) is 19.1. The molecular weight excluding hydrogens is 342 g/mol. The fraction of sp³-hybridized carbons (Fsp3) is 0.333. The predicted molar refractivity (Wildman–Crippen MR) is 105 cm³/mol. The SMILES string of the molecule is CNC(=O)c1ccc(NC2CCN(C(=O)OCc3ccccc3)CC2)cc1. The van der Waals surface area contributed by atoms with E-state index in [-0.39, 0.29) is 12.0 Å². The topological polar surface area (TPSA) is 70.7 Å². The molecule has 0 unspecified atom stereocenters. The highest BCUT2D eigenvalue weighted by Gasteiger charge is 2.23. The minimum Gasteiger partial charge on any atom is -0.445 e. The Morgan fingerprint density at radius 2 is 1.70 bits per heavy atom. The number of likely N-dealkylation sites (tertiary alicyclic amines) is 1. The summed E-state index contributed by atoms with van der Waals surface area (Å²) in [5, 5.41) is 6.08. The Morgan fingerprint density at radius 1 is 1.04 bits per heavy atom. The molecule has 0 atom stereocenters. The van der Waals surface area contributed by atoms with Gasteiger partial charge in [0.15, 0.2) is 0 Å². The zero-order valence-corrected chi connectivity index (χ0v) is 15.5. The number of amides is 2. The molecule has 1 aliphatic rings. The largest absolute Gasteiger partial charge is 0.445 e. The van der Waals surface area contributed by atoms with Crippen molar-refractivity contribution in [2.24, 2.45) is 0 Å². The predicted octanol–water partition coefficient (Wildman–Crippen LogP) is 3.26. The van der Waals surface area contributed by atoms with Gasteiger partial charge in [-0.25, -0.2) is 4.79 Å². The van der Waals surface area contributed by atoms with E-state index in [1.54, 1.807) is 24.1 Å². The van der Waals surface area contributed by atoms with Gasteiger partial charge < -0.3 is 20.3 Å².